The van der Waals surface area contributed by atoms with Gasteiger partial charge in [0, 0.05) is 24.5 Å². The molecule has 0 bridgehead atoms. The molecule has 20 heavy (non-hydrogen) atoms. The zero-order chi connectivity index (χ0) is 13.9. The van der Waals surface area contributed by atoms with Crippen LogP contribution in [0.15, 0.2) is 29.8 Å². The van der Waals surface area contributed by atoms with Crippen molar-refractivity contribution in [2.75, 3.05) is 13.1 Å². The molecule has 0 amide bonds. The minimum atomic E-state index is -0.625. The van der Waals surface area contributed by atoms with Crippen LogP contribution in [0.5, 0.6) is 0 Å². The first-order valence-corrected chi connectivity index (χ1v) is 7.67. The number of pyridine rings is 1. The number of aliphatic hydroxyl groups excluding tert-OH is 1. The SMILES string of the molecule is OC(CCN1CCc2sccc2C1)c1ccc(F)cn1. The van der Waals surface area contributed by atoms with E-state index in [0.717, 1.165) is 32.3 Å². The Morgan fingerprint density at radius 2 is 2.30 bits per heavy atom. The molecular weight excluding hydrogens is 275 g/mol. The van der Waals surface area contributed by atoms with Gasteiger partial charge >= 0.3 is 0 Å². The van der Waals surface area contributed by atoms with Crippen molar-refractivity contribution in [3.63, 3.8) is 0 Å². The van der Waals surface area contributed by atoms with Gasteiger partial charge in [-0.05, 0) is 42.0 Å². The van der Waals surface area contributed by atoms with E-state index >= 15 is 0 Å². The third kappa shape index (κ3) is 3.06. The van der Waals surface area contributed by atoms with Crippen LogP contribution < -0.4 is 0 Å². The fourth-order valence-corrected chi connectivity index (χ4v) is 3.42. The van der Waals surface area contributed by atoms with Crippen LogP contribution in [0.4, 0.5) is 4.39 Å². The minimum absolute atomic E-state index is 0.373. The van der Waals surface area contributed by atoms with Crippen LogP contribution in [-0.2, 0) is 13.0 Å². The highest BCUT2D eigenvalue weighted by Crippen LogP contribution is 2.25. The molecule has 1 aliphatic heterocycles. The van der Waals surface area contributed by atoms with E-state index in [1.165, 1.54) is 16.5 Å². The fourth-order valence-electron chi connectivity index (χ4n) is 2.53. The summed E-state index contributed by atoms with van der Waals surface area (Å²) >= 11 is 1.83. The van der Waals surface area contributed by atoms with E-state index in [1.807, 2.05) is 11.3 Å². The lowest BCUT2D eigenvalue weighted by Gasteiger charge is -2.27. The lowest BCUT2D eigenvalue weighted by Crippen LogP contribution is -2.31. The largest absolute Gasteiger partial charge is 0.387 e. The van der Waals surface area contributed by atoms with E-state index in [2.05, 4.69) is 21.3 Å². The topological polar surface area (TPSA) is 36.4 Å². The zero-order valence-corrected chi connectivity index (χ0v) is 11.9. The summed E-state index contributed by atoms with van der Waals surface area (Å²) in [5.41, 5.74) is 1.95. The smallest absolute Gasteiger partial charge is 0.141 e. The van der Waals surface area contributed by atoms with Gasteiger partial charge in [0.05, 0.1) is 18.0 Å². The van der Waals surface area contributed by atoms with Gasteiger partial charge in [-0.3, -0.25) is 9.88 Å². The van der Waals surface area contributed by atoms with Crippen molar-refractivity contribution < 1.29 is 9.50 Å². The number of hydrogen-bond acceptors (Lipinski definition) is 4. The summed E-state index contributed by atoms with van der Waals surface area (Å²) in [6.45, 7) is 2.83. The molecule has 0 saturated carbocycles. The summed E-state index contributed by atoms with van der Waals surface area (Å²) in [6.07, 6.45) is 2.24. The van der Waals surface area contributed by atoms with Crippen LogP contribution in [0.25, 0.3) is 0 Å². The van der Waals surface area contributed by atoms with Gasteiger partial charge in [0.1, 0.15) is 5.82 Å². The number of rotatable bonds is 4. The average molecular weight is 292 g/mol. The van der Waals surface area contributed by atoms with E-state index in [9.17, 15) is 9.50 Å². The maximum Gasteiger partial charge on any atom is 0.141 e. The van der Waals surface area contributed by atoms with Gasteiger partial charge in [0.25, 0.3) is 0 Å². The molecule has 1 unspecified atom stereocenters. The summed E-state index contributed by atoms with van der Waals surface area (Å²) in [7, 11) is 0. The molecule has 0 saturated heterocycles. The summed E-state index contributed by atoms with van der Waals surface area (Å²) in [5, 5.41) is 12.2. The number of hydrogen-bond donors (Lipinski definition) is 1. The lowest BCUT2D eigenvalue weighted by atomic mass is 10.1. The number of fused-ring (bicyclic) bond motifs is 1. The van der Waals surface area contributed by atoms with Crippen LogP contribution >= 0.6 is 11.3 Å². The number of nitrogens with zero attached hydrogens (tertiary/aromatic N) is 2. The van der Waals surface area contributed by atoms with Gasteiger partial charge < -0.3 is 5.11 Å². The molecule has 5 heteroatoms. The first kappa shape index (κ1) is 13.7. The molecule has 1 aliphatic rings. The number of aromatic nitrogens is 1. The molecule has 2 aromatic rings. The van der Waals surface area contributed by atoms with Gasteiger partial charge in [-0.15, -0.1) is 11.3 Å². The second-order valence-electron chi connectivity index (χ2n) is 5.10. The van der Waals surface area contributed by atoms with Crippen molar-refractivity contribution in [1.29, 1.82) is 0 Å². The minimum Gasteiger partial charge on any atom is -0.387 e. The van der Waals surface area contributed by atoms with E-state index in [4.69, 9.17) is 0 Å². The third-order valence-electron chi connectivity index (χ3n) is 3.70. The molecule has 0 spiro atoms. The maximum atomic E-state index is 12.8. The number of halogens is 1. The summed E-state index contributed by atoms with van der Waals surface area (Å²) in [6, 6.07) is 5.07. The Labute approximate surface area is 121 Å². The maximum absolute atomic E-state index is 12.8. The summed E-state index contributed by atoms with van der Waals surface area (Å²) in [5.74, 6) is -0.373. The highest BCUT2D eigenvalue weighted by molar-refractivity contribution is 7.10. The molecule has 0 radical (unpaired) electrons. The van der Waals surface area contributed by atoms with Crippen molar-refractivity contribution in [1.82, 2.24) is 9.88 Å². The number of aliphatic hydroxyl groups is 1. The quantitative estimate of drug-likeness (QED) is 0.941. The third-order valence-corrected chi connectivity index (χ3v) is 4.72. The molecule has 3 heterocycles. The zero-order valence-electron chi connectivity index (χ0n) is 11.1. The van der Waals surface area contributed by atoms with Gasteiger partial charge in [-0.2, -0.15) is 0 Å². The molecule has 3 rings (SSSR count). The van der Waals surface area contributed by atoms with E-state index in [1.54, 1.807) is 6.07 Å². The molecule has 0 aliphatic carbocycles. The average Bonchev–Trinajstić information content (AvgIpc) is 2.93. The predicted molar refractivity (Wildman–Crippen MR) is 77.1 cm³/mol. The molecule has 2 aromatic heterocycles. The van der Waals surface area contributed by atoms with Gasteiger partial charge in [0.2, 0.25) is 0 Å². The number of thiophene rings is 1. The van der Waals surface area contributed by atoms with E-state index in [0.29, 0.717) is 12.1 Å². The second kappa shape index (κ2) is 5.99. The fraction of sp³-hybridized carbons (Fsp3) is 0.400. The van der Waals surface area contributed by atoms with Crippen LogP contribution in [0.2, 0.25) is 0 Å². The molecular formula is C15H17FN2OS. The molecule has 1 atom stereocenters. The first-order chi connectivity index (χ1) is 9.72. The Bertz CT molecular complexity index is 570. The van der Waals surface area contributed by atoms with Crippen molar-refractivity contribution in [2.45, 2.75) is 25.5 Å². The van der Waals surface area contributed by atoms with Crippen LogP contribution in [0.3, 0.4) is 0 Å². The van der Waals surface area contributed by atoms with Crippen LogP contribution in [-0.4, -0.2) is 28.1 Å². The molecule has 0 aromatic carbocycles. The van der Waals surface area contributed by atoms with Crippen molar-refractivity contribution in [2.24, 2.45) is 0 Å². The van der Waals surface area contributed by atoms with Gasteiger partial charge in [-0.1, -0.05) is 0 Å². The van der Waals surface area contributed by atoms with E-state index < -0.39 is 6.10 Å². The predicted octanol–water partition coefficient (Wildman–Crippen LogP) is 2.76. The Morgan fingerprint density at radius 1 is 1.40 bits per heavy atom. The van der Waals surface area contributed by atoms with Gasteiger partial charge in [0.15, 0.2) is 0 Å². The Kier molecular flexibility index (Phi) is 4.10. The Morgan fingerprint density at radius 3 is 3.10 bits per heavy atom. The molecule has 0 fully saturated rings. The van der Waals surface area contributed by atoms with Crippen LogP contribution in [0, 0.1) is 5.82 Å². The van der Waals surface area contributed by atoms with Crippen molar-refractivity contribution in [3.8, 4) is 0 Å². The normalized spacial score (nSPS) is 16.9. The van der Waals surface area contributed by atoms with Gasteiger partial charge in [-0.25, -0.2) is 4.39 Å². The van der Waals surface area contributed by atoms with Crippen molar-refractivity contribution in [3.05, 3.63) is 51.7 Å². The molecule has 3 nitrogen and oxygen atoms in total. The van der Waals surface area contributed by atoms with E-state index in [-0.39, 0.29) is 5.82 Å². The Hall–Kier alpha value is -1.30. The second-order valence-corrected chi connectivity index (χ2v) is 6.10. The first-order valence-electron chi connectivity index (χ1n) is 6.79. The highest BCUT2D eigenvalue weighted by Gasteiger charge is 2.18. The lowest BCUT2D eigenvalue weighted by molar-refractivity contribution is 0.134. The van der Waals surface area contributed by atoms with Crippen molar-refractivity contribution >= 4 is 11.3 Å². The Balaban J connectivity index is 1.54. The molecule has 106 valence electrons. The summed E-state index contributed by atoms with van der Waals surface area (Å²) in [4.78, 5) is 7.76. The summed E-state index contributed by atoms with van der Waals surface area (Å²) < 4.78 is 12.8. The molecule has 1 N–H and O–H groups in total. The standard InChI is InChI=1S/C15H17FN2OS/c16-12-1-2-13(17-9-12)14(19)3-6-18-7-4-15-11(10-18)5-8-20-15/h1-2,5,8-9,14,19H,3-4,6-7,10H2. The van der Waals surface area contributed by atoms with Crippen LogP contribution in [0.1, 0.15) is 28.7 Å². The highest BCUT2D eigenvalue weighted by atomic mass is 32.1. The monoisotopic (exact) mass is 292 g/mol.